The second-order valence-electron chi connectivity index (χ2n) is 26.7. The first-order chi connectivity index (χ1) is 42.7. The maximum absolute atomic E-state index is 13.5. The summed E-state index contributed by atoms with van der Waals surface area (Å²) in [4.78, 5) is 26.7. The van der Waals surface area contributed by atoms with Crippen molar-refractivity contribution in [3.8, 4) is 0 Å². The standard InChI is InChI=1S/C76H145NO10/c1-4-7-10-13-16-19-22-24-26-28-30-32-33-34-35-36-37-38-40-42-44-46-49-52-55-58-61-64-71(81)87-74-73(83)72(82)70(65-78)86-76(74)85-66-67(68(79)62-59-56-53-50-47-21-18-15-12-9-6-3)77-75(84)69(80)63-60-57-54-51-48-45-43-41-39-31-29-27-25-23-20-17-14-11-8-5-2/h25,27,59,62,67-70,72-74,76,78-80,82-83H,4-24,26,28-58,60-61,63-66H2,1-3H3,(H,77,84)/b27-25+,62-59+. The first kappa shape index (κ1) is 83.2. The molecule has 8 atom stereocenters. The molecular formula is C76H145NO10. The van der Waals surface area contributed by atoms with Gasteiger partial charge in [0, 0.05) is 6.42 Å². The molecule has 11 heteroatoms. The minimum atomic E-state index is -1.61. The van der Waals surface area contributed by atoms with E-state index in [1.165, 1.54) is 283 Å². The van der Waals surface area contributed by atoms with Crippen molar-refractivity contribution in [2.45, 2.75) is 436 Å². The molecule has 0 aromatic carbocycles. The van der Waals surface area contributed by atoms with Crippen molar-refractivity contribution in [3.63, 3.8) is 0 Å². The van der Waals surface area contributed by atoms with Gasteiger partial charge in [0.05, 0.1) is 25.4 Å². The number of amides is 1. The van der Waals surface area contributed by atoms with Gasteiger partial charge in [-0.25, -0.2) is 0 Å². The molecule has 0 saturated carbocycles. The van der Waals surface area contributed by atoms with Crippen LogP contribution in [0.4, 0.5) is 0 Å². The molecule has 514 valence electrons. The van der Waals surface area contributed by atoms with Crippen LogP contribution in [0.2, 0.25) is 0 Å². The molecule has 0 aromatic heterocycles. The fourth-order valence-electron chi connectivity index (χ4n) is 12.4. The van der Waals surface area contributed by atoms with Crippen LogP contribution in [0.3, 0.4) is 0 Å². The summed E-state index contributed by atoms with van der Waals surface area (Å²) < 4.78 is 17.7. The van der Waals surface area contributed by atoms with Crippen molar-refractivity contribution in [2.24, 2.45) is 0 Å². The first-order valence-electron chi connectivity index (χ1n) is 38.1. The fourth-order valence-corrected chi connectivity index (χ4v) is 12.4. The largest absolute Gasteiger partial charge is 0.454 e. The molecule has 1 rings (SSSR count). The average molecular weight is 1230 g/mol. The number of ether oxygens (including phenoxy) is 3. The highest BCUT2D eigenvalue weighted by molar-refractivity contribution is 5.80. The second-order valence-corrected chi connectivity index (χ2v) is 26.7. The maximum atomic E-state index is 13.5. The van der Waals surface area contributed by atoms with E-state index in [4.69, 9.17) is 14.2 Å². The van der Waals surface area contributed by atoms with Crippen LogP contribution in [0.1, 0.15) is 387 Å². The number of esters is 1. The average Bonchev–Trinajstić information content (AvgIpc) is 1.56. The SMILES string of the molecule is CCCCCCCC/C=C/CCCCCCCCCCCCC(O)C(=O)NC(COC1OC(CO)C(O)C(O)C1OC(=O)CCCCCCCCCCCCCCCCCCCCCCCCCCCCC)C(O)/C=C/CCCCCCCCCCC. The predicted molar refractivity (Wildman–Crippen MR) is 366 cm³/mol. The van der Waals surface area contributed by atoms with E-state index >= 15 is 0 Å². The number of hydrogen-bond donors (Lipinski definition) is 6. The van der Waals surface area contributed by atoms with E-state index in [-0.39, 0.29) is 13.0 Å². The number of hydrogen-bond acceptors (Lipinski definition) is 10. The van der Waals surface area contributed by atoms with Crippen LogP contribution in [-0.2, 0) is 23.8 Å². The smallest absolute Gasteiger partial charge is 0.306 e. The minimum absolute atomic E-state index is 0.131. The first-order valence-corrected chi connectivity index (χ1v) is 38.1. The molecule has 1 amide bonds. The Kier molecular flexibility index (Phi) is 61.4. The molecule has 0 spiro atoms. The number of rotatable bonds is 67. The van der Waals surface area contributed by atoms with Crippen LogP contribution in [-0.4, -0.2) is 99.6 Å². The Balaban J connectivity index is 2.48. The third-order valence-electron chi connectivity index (χ3n) is 18.4. The summed E-state index contributed by atoms with van der Waals surface area (Å²) >= 11 is 0. The highest BCUT2D eigenvalue weighted by atomic mass is 16.7. The lowest BCUT2D eigenvalue weighted by atomic mass is 9.99. The molecule has 0 aromatic rings. The zero-order valence-corrected chi connectivity index (χ0v) is 57.4. The molecular weight excluding hydrogens is 1090 g/mol. The topological polar surface area (TPSA) is 175 Å². The Morgan fingerprint density at radius 3 is 1.11 bits per heavy atom. The van der Waals surface area contributed by atoms with Crippen molar-refractivity contribution in [3.05, 3.63) is 24.3 Å². The molecule has 0 radical (unpaired) electrons. The second kappa shape index (κ2) is 64.3. The summed E-state index contributed by atoms with van der Waals surface area (Å²) in [5, 5.41) is 57.3. The van der Waals surface area contributed by atoms with Crippen LogP contribution in [0, 0.1) is 0 Å². The zero-order valence-electron chi connectivity index (χ0n) is 57.4. The molecule has 1 saturated heterocycles. The van der Waals surface area contributed by atoms with Gasteiger partial charge in [0.15, 0.2) is 12.4 Å². The highest BCUT2D eigenvalue weighted by Crippen LogP contribution is 2.27. The van der Waals surface area contributed by atoms with E-state index in [2.05, 4.69) is 38.2 Å². The van der Waals surface area contributed by atoms with Gasteiger partial charge in [0.2, 0.25) is 5.91 Å². The summed E-state index contributed by atoms with van der Waals surface area (Å²) in [7, 11) is 0. The molecule has 6 N–H and O–H groups in total. The summed E-state index contributed by atoms with van der Waals surface area (Å²) in [5.74, 6) is -1.17. The van der Waals surface area contributed by atoms with Gasteiger partial charge < -0.3 is 45.1 Å². The maximum Gasteiger partial charge on any atom is 0.306 e. The van der Waals surface area contributed by atoms with Gasteiger partial charge in [-0.3, -0.25) is 9.59 Å². The van der Waals surface area contributed by atoms with E-state index in [0.29, 0.717) is 19.3 Å². The Bertz CT molecular complexity index is 1510. The Morgan fingerprint density at radius 1 is 0.437 bits per heavy atom. The van der Waals surface area contributed by atoms with Gasteiger partial charge in [-0.2, -0.15) is 0 Å². The van der Waals surface area contributed by atoms with Crippen molar-refractivity contribution in [2.75, 3.05) is 13.2 Å². The van der Waals surface area contributed by atoms with E-state index in [0.717, 1.165) is 57.8 Å². The molecule has 11 nitrogen and oxygen atoms in total. The van der Waals surface area contributed by atoms with Gasteiger partial charge in [-0.1, -0.05) is 353 Å². The van der Waals surface area contributed by atoms with Gasteiger partial charge >= 0.3 is 5.97 Å². The number of aliphatic hydroxyl groups is 5. The lowest BCUT2D eigenvalue weighted by molar-refractivity contribution is -0.305. The Hall–Kier alpha value is -1.86. The lowest BCUT2D eigenvalue weighted by Crippen LogP contribution is -2.61. The van der Waals surface area contributed by atoms with E-state index in [1.54, 1.807) is 6.08 Å². The van der Waals surface area contributed by atoms with Crippen LogP contribution < -0.4 is 5.32 Å². The number of carbonyl (C=O) groups is 2. The van der Waals surface area contributed by atoms with Crippen LogP contribution in [0.5, 0.6) is 0 Å². The van der Waals surface area contributed by atoms with Gasteiger partial charge in [-0.05, 0) is 51.4 Å². The number of carbonyl (C=O) groups excluding carboxylic acids is 2. The number of aliphatic hydroxyl groups excluding tert-OH is 5. The fraction of sp³-hybridized carbons (Fsp3) is 0.921. The van der Waals surface area contributed by atoms with Crippen molar-refractivity contribution < 1.29 is 49.3 Å². The van der Waals surface area contributed by atoms with E-state index < -0.39 is 67.4 Å². The molecule has 0 bridgehead atoms. The molecule has 87 heavy (non-hydrogen) atoms. The molecule has 8 unspecified atom stereocenters. The number of nitrogens with one attached hydrogen (secondary N) is 1. The van der Waals surface area contributed by atoms with E-state index in [1.807, 2.05) is 6.08 Å². The molecule has 1 fully saturated rings. The minimum Gasteiger partial charge on any atom is -0.454 e. The third-order valence-corrected chi connectivity index (χ3v) is 18.4. The highest BCUT2D eigenvalue weighted by Gasteiger charge is 2.47. The van der Waals surface area contributed by atoms with Crippen LogP contribution >= 0.6 is 0 Å². The van der Waals surface area contributed by atoms with Gasteiger partial charge in [0.1, 0.15) is 24.4 Å². The normalized spacial score (nSPS) is 18.3. The monoisotopic (exact) mass is 1230 g/mol. The summed E-state index contributed by atoms with van der Waals surface area (Å²) in [5.41, 5.74) is 0. The summed E-state index contributed by atoms with van der Waals surface area (Å²) in [6.07, 6.45) is 68.1. The van der Waals surface area contributed by atoms with Crippen molar-refractivity contribution in [1.82, 2.24) is 5.32 Å². The van der Waals surface area contributed by atoms with Crippen molar-refractivity contribution in [1.29, 1.82) is 0 Å². The lowest BCUT2D eigenvalue weighted by Gasteiger charge is -2.41. The predicted octanol–water partition coefficient (Wildman–Crippen LogP) is 20.0. The van der Waals surface area contributed by atoms with E-state index in [9.17, 15) is 35.1 Å². The molecule has 1 heterocycles. The van der Waals surface area contributed by atoms with Gasteiger partial charge in [-0.15, -0.1) is 0 Å². The zero-order chi connectivity index (χ0) is 63.1. The third kappa shape index (κ3) is 51.4. The molecule has 1 aliphatic heterocycles. The summed E-state index contributed by atoms with van der Waals surface area (Å²) in [6, 6.07) is -1.02. The van der Waals surface area contributed by atoms with Gasteiger partial charge in [0.25, 0.3) is 0 Å². The van der Waals surface area contributed by atoms with Crippen LogP contribution in [0.25, 0.3) is 0 Å². The molecule has 1 aliphatic rings. The summed E-state index contributed by atoms with van der Waals surface area (Å²) in [6.45, 7) is 5.85. The molecule has 0 aliphatic carbocycles. The Morgan fingerprint density at radius 2 is 0.759 bits per heavy atom. The quantitative estimate of drug-likeness (QED) is 0.0195. The van der Waals surface area contributed by atoms with Crippen LogP contribution in [0.15, 0.2) is 24.3 Å². The number of allylic oxidation sites excluding steroid dienone is 3. The Labute approximate surface area is 537 Å². The number of unbranched alkanes of at least 4 members (excludes halogenated alkanes) is 51. The van der Waals surface area contributed by atoms with Crippen molar-refractivity contribution >= 4 is 11.9 Å².